The zero-order valence-corrected chi connectivity index (χ0v) is 6.44. The smallest absolute Gasteiger partial charge is 0.376 e. The van der Waals surface area contributed by atoms with Crippen LogP contribution in [0.4, 0.5) is 0 Å². The van der Waals surface area contributed by atoms with Crippen molar-refractivity contribution in [1.82, 2.24) is 0 Å². The molecule has 0 saturated carbocycles. The summed E-state index contributed by atoms with van der Waals surface area (Å²) in [6.45, 7) is 1.77. The number of carbonyl (C=O) groups excluding carboxylic acids is 1. The van der Waals surface area contributed by atoms with E-state index in [9.17, 15) is 9.90 Å². The first kappa shape index (κ1) is 8.55. The van der Waals surface area contributed by atoms with E-state index in [0.717, 1.165) is 5.56 Å². The van der Waals surface area contributed by atoms with Gasteiger partial charge in [-0.25, -0.2) is 4.79 Å². The fourth-order valence-corrected chi connectivity index (χ4v) is 0.863. The third-order valence-corrected chi connectivity index (χ3v) is 1.46. The summed E-state index contributed by atoms with van der Waals surface area (Å²) in [6.07, 6.45) is 0. The molecular weight excluding hydrogens is 160 g/mol. The van der Waals surface area contributed by atoms with Crippen molar-refractivity contribution in [3.8, 4) is 5.75 Å². The molecule has 0 fully saturated rings. The fraction of sp³-hybridized carbons (Fsp3) is 0.125. The Morgan fingerprint density at radius 2 is 2.17 bits per heavy atom. The van der Waals surface area contributed by atoms with Crippen LogP contribution in [0.2, 0.25) is 0 Å². The largest absolute Gasteiger partial charge is 0.507 e. The van der Waals surface area contributed by atoms with Gasteiger partial charge < -0.3 is 5.11 Å². The lowest BCUT2D eigenvalue weighted by molar-refractivity contribution is -0.182. The van der Waals surface area contributed by atoms with E-state index >= 15 is 0 Å². The average Bonchev–Trinajstić information content (AvgIpc) is 2.03. The van der Waals surface area contributed by atoms with Crippen LogP contribution in [0.1, 0.15) is 15.9 Å². The highest BCUT2D eigenvalue weighted by molar-refractivity contribution is 5.91. The van der Waals surface area contributed by atoms with Crippen LogP contribution >= 0.6 is 0 Å². The van der Waals surface area contributed by atoms with E-state index in [1.165, 1.54) is 12.1 Å². The Labute approximate surface area is 69.0 Å². The number of phenolic OH excluding ortho intramolecular Hbond substituents is 1. The fourth-order valence-electron chi connectivity index (χ4n) is 0.863. The Morgan fingerprint density at radius 1 is 1.50 bits per heavy atom. The molecular formula is C8H8O4. The van der Waals surface area contributed by atoms with Crippen molar-refractivity contribution < 1.29 is 20.0 Å². The first-order chi connectivity index (χ1) is 5.65. The van der Waals surface area contributed by atoms with Crippen molar-refractivity contribution in [2.75, 3.05) is 0 Å². The topological polar surface area (TPSA) is 66.8 Å². The summed E-state index contributed by atoms with van der Waals surface area (Å²) in [5, 5.41) is 17.2. The minimum absolute atomic E-state index is 0.0527. The van der Waals surface area contributed by atoms with E-state index in [1.807, 2.05) is 0 Å². The standard InChI is InChI=1S/C8H8O4/c1-5-2-3-6(7(9)4-5)8(10)12-11/h2-4,9,11H,1H3. The van der Waals surface area contributed by atoms with Crippen LogP contribution in [0.25, 0.3) is 0 Å². The molecule has 4 nitrogen and oxygen atoms in total. The number of aryl methyl sites for hydroxylation is 1. The molecule has 0 aromatic heterocycles. The molecule has 1 aromatic carbocycles. The number of rotatable bonds is 1. The van der Waals surface area contributed by atoms with Crippen molar-refractivity contribution in [2.24, 2.45) is 0 Å². The third-order valence-electron chi connectivity index (χ3n) is 1.46. The molecule has 0 aliphatic rings. The molecule has 0 unspecified atom stereocenters. The quantitative estimate of drug-likeness (QED) is 0.490. The number of aromatic hydroxyl groups is 1. The van der Waals surface area contributed by atoms with E-state index in [1.54, 1.807) is 13.0 Å². The molecule has 2 N–H and O–H groups in total. The van der Waals surface area contributed by atoms with Gasteiger partial charge in [0.15, 0.2) is 0 Å². The Hall–Kier alpha value is -1.55. The predicted octanol–water partition coefficient (Wildman–Crippen LogP) is 1.33. The summed E-state index contributed by atoms with van der Waals surface area (Å²) in [7, 11) is 0. The van der Waals surface area contributed by atoms with Crippen LogP contribution in [0.15, 0.2) is 18.2 Å². The second-order valence-corrected chi connectivity index (χ2v) is 2.40. The summed E-state index contributed by atoms with van der Waals surface area (Å²) in [5.74, 6) is -1.17. The molecule has 12 heavy (non-hydrogen) atoms. The van der Waals surface area contributed by atoms with E-state index in [0.29, 0.717) is 0 Å². The van der Waals surface area contributed by atoms with Gasteiger partial charge >= 0.3 is 5.97 Å². The van der Waals surface area contributed by atoms with Crippen molar-refractivity contribution in [3.05, 3.63) is 29.3 Å². The SMILES string of the molecule is Cc1ccc(C(=O)OO)c(O)c1. The molecule has 0 aliphatic carbocycles. The molecule has 1 rings (SSSR count). The lowest BCUT2D eigenvalue weighted by Gasteiger charge is -2.00. The van der Waals surface area contributed by atoms with E-state index in [-0.39, 0.29) is 11.3 Å². The third kappa shape index (κ3) is 1.54. The maximum atomic E-state index is 10.7. The van der Waals surface area contributed by atoms with Crippen LogP contribution in [0.3, 0.4) is 0 Å². The van der Waals surface area contributed by atoms with Crippen LogP contribution < -0.4 is 0 Å². The second-order valence-electron chi connectivity index (χ2n) is 2.40. The lowest BCUT2D eigenvalue weighted by atomic mass is 10.1. The monoisotopic (exact) mass is 168 g/mol. The second kappa shape index (κ2) is 3.23. The van der Waals surface area contributed by atoms with Gasteiger partial charge in [0.05, 0.1) is 0 Å². The number of phenols is 1. The molecule has 0 atom stereocenters. The summed E-state index contributed by atoms with van der Waals surface area (Å²) < 4.78 is 0. The van der Waals surface area contributed by atoms with Crippen molar-refractivity contribution >= 4 is 5.97 Å². The minimum atomic E-state index is -0.965. The predicted molar refractivity (Wildman–Crippen MR) is 40.9 cm³/mol. The Bertz CT molecular complexity index is 306. The Balaban J connectivity index is 3.09. The van der Waals surface area contributed by atoms with Gasteiger partial charge in [0.1, 0.15) is 11.3 Å². The van der Waals surface area contributed by atoms with Gasteiger partial charge in [-0.3, -0.25) is 4.89 Å². The molecule has 0 radical (unpaired) electrons. The van der Waals surface area contributed by atoms with Crippen molar-refractivity contribution in [2.45, 2.75) is 6.92 Å². The maximum absolute atomic E-state index is 10.7. The van der Waals surface area contributed by atoms with E-state index < -0.39 is 5.97 Å². The highest BCUT2D eigenvalue weighted by atomic mass is 17.1. The van der Waals surface area contributed by atoms with Gasteiger partial charge in [0.2, 0.25) is 0 Å². The molecule has 0 aliphatic heterocycles. The summed E-state index contributed by atoms with van der Waals surface area (Å²) in [4.78, 5) is 14.2. The van der Waals surface area contributed by atoms with Crippen LogP contribution in [0.5, 0.6) is 5.75 Å². The lowest BCUT2D eigenvalue weighted by Crippen LogP contribution is -2.01. The molecule has 0 saturated heterocycles. The molecule has 1 aromatic rings. The molecule has 0 amide bonds. The van der Waals surface area contributed by atoms with Crippen LogP contribution in [0, 0.1) is 6.92 Å². The number of carbonyl (C=O) groups is 1. The number of hydrogen-bond donors (Lipinski definition) is 2. The average molecular weight is 168 g/mol. The van der Waals surface area contributed by atoms with Gasteiger partial charge in [-0.05, 0) is 24.6 Å². The first-order valence-electron chi connectivity index (χ1n) is 3.30. The molecule has 0 spiro atoms. The highest BCUT2D eigenvalue weighted by Gasteiger charge is 2.11. The molecule has 4 heteroatoms. The molecule has 0 heterocycles. The van der Waals surface area contributed by atoms with Crippen molar-refractivity contribution in [1.29, 1.82) is 0 Å². The van der Waals surface area contributed by atoms with Gasteiger partial charge in [0.25, 0.3) is 0 Å². The van der Waals surface area contributed by atoms with E-state index in [2.05, 4.69) is 4.89 Å². The minimum Gasteiger partial charge on any atom is -0.507 e. The van der Waals surface area contributed by atoms with Gasteiger partial charge in [-0.2, -0.15) is 5.26 Å². The van der Waals surface area contributed by atoms with Crippen LogP contribution in [-0.4, -0.2) is 16.3 Å². The molecule has 0 bridgehead atoms. The zero-order chi connectivity index (χ0) is 9.14. The Kier molecular flexibility index (Phi) is 2.30. The molecule has 64 valence electrons. The first-order valence-corrected chi connectivity index (χ1v) is 3.30. The summed E-state index contributed by atoms with van der Waals surface area (Å²) >= 11 is 0. The van der Waals surface area contributed by atoms with Crippen LogP contribution in [-0.2, 0) is 4.89 Å². The van der Waals surface area contributed by atoms with Gasteiger partial charge in [-0.15, -0.1) is 0 Å². The maximum Gasteiger partial charge on any atom is 0.376 e. The van der Waals surface area contributed by atoms with Gasteiger partial charge in [0, 0.05) is 0 Å². The number of hydrogen-bond acceptors (Lipinski definition) is 4. The number of benzene rings is 1. The van der Waals surface area contributed by atoms with Crippen molar-refractivity contribution in [3.63, 3.8) is 0 Å². The van der Waals surface area contributed by atoms with E-state index in [4.69, 9.17) is 5.26 Å². The summed E-state index contributed by atoms with van der Waals surface area (Å²) in [6, 6.07) is 4.42. The van der Waals surface area contributed by atoms with Gasteiger partial charge in [-0.1, -0.05) is 6.07 Å². The zero-order valence-electron chi connectivity index (χ0n) is 6.44. The summed E-state index contributed by atoms with van der Waals surface area (Å²) in [5.41, 5.74) is 0.769. The Morgan fingerprint density at radius 3 is 2.67 bits per heavy atom. The normalized spacial score (nSPS) is 9.50. The highest BCUT2D eigenvalue weighted by Crippen LogP contribution is 2.18.